The molecule has 1 amide bonds. The topological polar surface area (TPSA) is 68.8 Å². The Labute approximate surface area is 183 Å². The zero-order chi connectivity index (χ0) is 22.2. The van der Waals surface area contributed by atoms with E-state index in [-0.39, 0.29) is 5.91 Å². The van der Waals surface area contributed by atoms with Crippen molar-refractivity contribution in [3.05, 3.63) is 72.3 Å². The standard InChI is InChI=1S/C25H28N2O4/c1-17(25(28)26-16-18-5-10-21(29-2)11-6-18)27-20-9-14-24(31-4)23(15-20)19-7-12-22(30-3)13-8-19/h5-15,17,27H,16H2,1-4H3,(H,26,28)/t17-/m0/s1. The number of anilines is 1. The third-order valence-corrected chi connectivity index (χ3v) is 5.00. The molecule has 2 N–H and O–H groups in total. The van der Waals surface area contributed by atoms with Crippen LogP contribution < -0.4 is 24.8 Å². The molecule has 31 heavy (non-hydrogen) atoms. The monoisotopic (exact) mass is 420 g/mol. The first-order valence-corrected chi connectivity index (χ1v) is 10.0. The molecule has 0 aliphatic carbocycles. The fourth-order valence-electron chi connectivity index (χ4n) is 3.20. The van der Waals surface area contributed by atoms with Crippen molar-refractivity contribution in [2.45, 2.75) is 19.5 Å². The van der Waals surface area contributed by atoms with E-state index < -0.39 is 6.04 Å². The highest BCUT2D eigenvalue weighted by molar-refractivity contribution is 5.85. The number of benzene rings is 3. The van der Waals surface area contributed by atoms with Crippen LogP contribution in [-0.4, -0.2) is 33.3 Å². The molecule has 162 valence electrons. The summed E-state index contributed by atoms with van der Waals surface area (Å²) < 4.78 is 15.9. The summed E-state index contributed by atoms with van der Waals surface area (Å²) in [5.41, 5.74) is 3.77. The van der Waals surface area contributed by atoms with E-state index in [0.717, 1.165) is 39.6 Å². The molecule has 0 bridgehead atoms. The average Bonchev–Trinajstić information content (AvgIpc) is 2.82. The molecule has 0 aliphatic rings. The molecule has 0 aromatic heterocycles. The van der Waals surface area contributed by atoms with Crippen LogP contribution in [-0.2, 0) is 11.3 Å². The molecule has 0 saturated heterocycles. The molecular weight excluding hydrogens is 392 g/mol. The van der Waals surface area contributed by atoms with Crippen LogP contribution in [0, 0.1) is 0 Å². The number of hydrogen-bond donors (Lipinski definition) is 2. The molecule has 0 unspecified atom stereocenters. The molecule has 0 fully saturated rings. The maximum absolute atomic E-state index is 12.6. The van der Waals surface area contributed by atoms with E-state index >= 15 is 0 Å². The van der Waals surface area contributed by atoms with Gasteiger partial charge >= 0.3 is 0 Å². The van der Waals surface area contributed by atoms with Gasteiger partial charge in [0.05, 0.1) is 21.3 Å². The van der Waals surface area contributed by atoms with Crippen molar-refractivity contribution in [1.82, 2.24) is 5.32 Å². The summed E-state index contributed by atoms with van der Waals surface area (Å²) in [5, 5.41) is 6.23. The maximum Gasteiger partial charge on any atom is 0.242 e. The van der Waals surface area contributed by atoms with Crippen LogP contribution in [0.15, 0.2) is 66.7 Å². The summed E-state index contributed by atoms with van der Waals surface area (Å²) in [7, 11) is 4.91. The van der Waals surface area contributed by atoms with E-state index in [1.165, 1.54) is 0 Å². The normalized spacial score (nSPS) is 11.4. The van der Waals surface area contributed by atoms with Gasteiger partial charge in [-0.15, -0.1) is 0 Å². The Morgan fingerprint density at radius 3 is 2.03 bits per heavy atom. The van der Waals surface area contributed by atoms with E-state index in [4.69, 9.17) is 14.2 Å². The number of methoxy groups -OCH3 is 3. The van der Waals surface area contributed by atoms with Crippen molar-refractivity contribution in [2.75, 3.05) is 26.6 Å². The van der Waals surface area contributed by atoms with E-state index in [2.05, 4.69) is 10.6 Å². The van der Waals surface area contributed by atoms with Gasteiger partial charge in [0.25, 0.3) is 0 Å². The Morgan fingerprint density at radius 2 is 1.45 bits per heavy atom. The average molecular weight is 421 g/mol. The highest BCUT2D eigenvalue weighted by atomic mass is 16.5. The molecular formula is C25H28N2O4. The van der Waals surface area contributed by atoms with Gasteiger partial charge in [-0.1, -0.05) is 24.3 Å². The lowest BCUT2D eigenvalue weighted by molar-refractivity contribution is -0.121. The van der Waals surface area contributed by atoms with Gasteiger partial charge in [-0.2, -0.15) is 0 Å². The molecule has 6 heteroatoms. The Bertz CT molecular complexity index is 1000. The lowest BCUT2D eigenvalue weighted by Gasteiger charge is -2.17. The van der Waals surface area contributed by atoms with E-state index in [0.29, 0.717) is 6.54 Å². The van der Waals surface area contributed by atoms with Crippen LogP contribution in [0.3, 0.4) is 0 Å². The minimum absolute atomic E-state index is 0.0855. The number of rotatable bonds is 9. The Kier molecular flexibility index (Phi) is 7.38. The summed E-state index contributed by atoms with van der Waals surface area (Å²) in [6, 6.07) is 20.8. The molecule has 6 nitrogen and oxygen atoms in total. The summed E-state index contributed by atoms with van der Waals surface area (Å²) in [6.07, 6.45) is 0. The van der Waals surface area contributed by atoms with Gasteiger partial charge in [0, 0.05) is 17.8 Å². The van der Waals surface area contributed by atoms with Gasteiger partial charge < -0.3 is 24.8 Å². The van der Waals surface area contributed by atoms with Crippen molar-refractivity contribution in [2.24, 2.45) is 0 Å². The number of nitrogens with one attached hydrogen (secondary N) is 2. The van der Waals surface area contributed by atoms with Crippen LogP contribution >= 0.6 is 0 Å². The van der Waals surface area contributed by atoms with Crippen molar-refractivity contribution >= 4 is 11.6 Å². The van der Waals surface area contributed by atoms with Gasteiger partial charge in [0.2, 0.25) is 5.91 Å². The molecule has 0 spiro atoms. The lowest BCUT2D eigenvalue weighted by Crippen LogP contribution is -2.37. The van der Waals surface area contributed by atoms with E-state index in [9.17, 15) is 4.79 Å². The van der Waals surface area contributed by atoms with Gasteiger partial charge in [-0.05, 0) is 60.5 Å². The molecule has 0 saturated carbocycles. The molecule has 3 rings (SSSR count). The van der Waals surface area contributed by atoms with Gasteiger partial charge in [-0.3, -0.25) is 4.79 Å². The zero-order valence-corrected chi connectivity index (χ0v) is 18.3. The molecule has 3 aromatic carbocycles. The van der Waals surface area contributed by atoms with Crippen LogP contribution in [0.2, 0.25) is 0 Å². The Hall–Kier alpha value is -3.67. The van der Waals surface area contributed by atoms with Crippen molar-refractivity contribution in [3.8, 4) is 28.4 Å². The van der Waals surface area contributed by atoms with Crippen LogP contribution in [0.4, 0.5) is 5.69 Å². The summed E-state index contributed by atoms with van der Waals surface area (Å²) in [4.78, 5) is 12.6. The van der Waals surface area contributed by atoms with Gasteiger partial charge in [0.1, 0.15) is 23.3 Å². The number of carbonyl (C=O) groups is 1. The minimum atomic E-state index is -0.407. The first kappa shape index (κ1) is 22.0. The van der Waals surface area contributed by atoms with Gasteiger partial charge in [-0.25, -0.2) is 0 Å². The Morgan fingerprint density at radius 1 is 0.839 bits per heavy atom. The Balaban J connectivity index is 1.66. The molecule has 0 aliphatic heterocycles. The minimum Gasteiger partial charge on any atom is -0.497 e. The quantitative estimate of drug-likeness (QED) is 0.534. The smallest absolute Gasteiger partial charge is 0.242 e. The van der Waals surface area contributed by atoms with Crippen LogP contribution in [0.25, 0.3) is 11.1 Å². The van der Waals surface area contributed by atoms with Crippen molar-refractivity contribution in [3.63, 3.8) is 0 Å². The largest absolute Gasteiger partial charge is 0.497 e. The highest BCUT2D eigenvalue weighted by Crippen LogP contribution is 2.33. The van der Waals surface area contributed by atoms with Gasteiger partial charge in [0.15, 0.2) is 0 Å². The summed E-state index contributed by atoms with van der Waals surface area (Å²) in [5.74, 6) is 2.25. The number of amides is 1. The second kappa shape index (κ2) is 10.4. The molecule has 0 heterocycles. The highest BCUT2D eigenvalue weighted by Gasteiger charge is 2.14. The van der Waals surface area contributed by atoms with Crippen molar-refractivity contribution in [1.29, 1.82) is 0 Å². The lowest BCUT2D eigenvalue weighted by atomic mass is 10.0. The maximum atomic E-state index is 12.6. The fraction of sp³-hybridized carbons (Fsp3) is 0.240. The number of carbonyl (C=O) groups excluding carboxylic acids is 1. The predicted octanol–water partition coefficient (Wildman–Crippen LogP) is 4.50. The molecule has 3 aromatic rings. The molecule has 1 atom stereocenters. The zero-order valence-electron chi connectivity index (χ0n) is 18.3. The third kappa shape index (κ3) is 5.69. The SMILES string of the molecule is COc1ccc(CNC(=O)[C@H](C)Nc2ccc(OC)c(-c3ccc(OC)cc3)c2)cc1. The second-order valence-corrected chi connectivity index (χ2v) is 7.08. The van der Waals surface area contributed by atoms with E-state index in [1.807, 2.05) is 73.7 Å². The molecule has 0 radical (unpaired) electrons. The van der Waals surface area contributed by atoms with Crippen molar-refractivity contribution < 1.29 is 19.0 Å². The first-order chi connectivity index (χ1) is 15.0. The number of hydrogen-bond acceptors (Lipinski definition) is 5. The summed E-state index contributed by atoms with van der Waals surface area (Å²) >= 11 is 0. The van der Waals surface area contributed by atoms with Crippen LogP contribution in [0.5, 0.6) is 17.2 Å². The van der Waals surface area contributed by atoms with Crippen LogP contribution in [0.1, 0.15) is 12.5 Å². The summed E-state index contributed by atoms with van der Waals surface area (Å²) in [6.45, 7) is 2.29. The van der Waals surface area contributed by atoms with E-state index in [1.54, 1.807) is 21.3 Å². The second-order valence-electron chi connectivity index (χ2n) is 7.08. The third-order valence-electron chi connectivity index (χ3n) is 5.00. The predicted molar refractivity (Wildman–Crippen MR) is 123 cm³/mol. The fourth-order valence-corrected chi connectivity index (χ4v) is 3.20. The number of ether oxygens (including phenoxy) is 3. The first-order valence-electron chi connectivity index (χ1n) is 10.0.